The summed E-state index contributed by atoms with van der Waals surface area (Å²) in [6.07, 6.45) is 5.07. The maximum atomic E-state index is 12.9. The highest BCUT2D eigenvalue weighted by Crippen LogP contribution is 2.29. The minimum atomic E-state index is -3.54. The van der Waals surface area contributed by atoms with Gasteiger partial charge in [0.05, 0.1) is 10.5 Å². The SMILES string of the molecule is CCNC(=O)c1cc(S(=O)(=O)N2CCCCC2)ccc1N1CCCC1. The Balaban J connectivity index is 1.97. The van der Waals surface area contributed by atoms with Crippen LogP contribution >= 0.6 is 0 Å². The Hall–Kier alpha value is -1.60. The molecule has 0 aromatic heterocycles. The van der Waals surface area contributed by atoms with Gasteiger partial charge in [0.15, 0.2) is 0 Å². The highest BCUT2D eigenvalue weighted by molar-refractivity contribution is 7.89. The molecule has 0 spiro atoms. The second-order valence-electron chi connectivity index (χ2n) is 6.70. The largest absolute Gasteiger partial charge is 0.371 e. The summed E-state index contributed by atoms with van der Waals surface area (Å²) in [7, 11) is -3.54. The summed E-state index contributed by atoms with van der Waals surface area (Å²) in [5.74, 6) is -0.208. The fourth-order valence-corrected chi connectivity index (χ4v) is 5.15. The van der Waals surface area contributed by atoms with Gasteiger partial charge in [-0.25, -0.2) is 8.42 Å². The van der Waals surface area contributed by atoms with Gasteiger partial charge >= 0.3 is 0 Å². The number of carbonyl (C=O) groups excluding carboxylic acids is 1. The fraction of sp³-hybridized carbons (Fsp3) is 0.611. The van der Waals surface area contributed by atoms with Crippen molar-refractivity contribution < 1.29 is 13.2 Å². The zero-order valence-corrected chi connectivity index (χ0v) is 15.6. The Morgan fingerprint density at radius 2 is 1.68 bits per heavy atom. The monoisotopic (exact) mass is 365 g/mol. The summed E-state index contributed by atoms with van der Waals surface area (Å²) in [5.41, 5.74) is 1.29. The third-order valence-corrected chi connectivity index (χ3v) is 6.84. The molecule has 1 aromatic rings. The summed E-state index contributed by atoms with van der Waals surface area (Å²) in [6.45, 7) is 5.32. The lowest BCUT2D eigenvalue weighted by Gasteiger charge is -2.27. The van der Waals surface area contributed by atoms with Crippen molar-refractivity contribution in [1.82, 2.24) is 9.62 Å². The number of amides is 1. The molecule has 0 radical (unpaired) electrons. The number of nitrogens with zero attached hydrogens (tertiary/aromatic N) is 2. The molecule has 0 unspecified atom stereocenters. The maximum absolute atomic E-state index is 12.9. The number of hydrogen-bond donors (Lipinski definition) is 1. The van der Waals surface area contributed by atoms with E-state index in [0.29, 0.717) is 25.2 Å². The van der Waals surface area contributed by atoms with E-state index in [2.05, 4.69) is 10.2 Å². The summed E-state index contributed by atoms with van der Waals surface area (Å²) < 4.78 is 27.4. The summed E-state index contributed by atoms with van der Waals surface area (Å²) in [6, 6.07) is 5.01. The van der Waals surface area contributed by atoms with Crippen LogP contribution in [0.25, 0.3) is 0 Å². The topological polar surface area (TPSA) is 69.7 Å². The molecule has 0 aliphatic carbocycles. The number of sulfonamides is 1. The number of rotatable bonds is 5. The lowest BCUT2D eigenvalue weighted by Crippen LogP contribution is -2.36. The predicted molar refractivity (Wildman–Crippen MR) is 98.5 cm³/mol. The Morgan fingerprint density at radius 1 is 1.04 bits per heavy atom. The van der Waals surface area contributed by atoms with E-state index in [4.69, 9.17) is 0 Å². The van der Waals surface area contributed by atoms with Crippen molar-refractivity contribution in [3.8, 4) is 0 Å². The molecule has 2 fully saturated rings. The fourth-order valence-electron chi connectivity index (χ4n) is 3.60. The molecule has 6 nitrogen and oxygen atoms in total. The van der Waals surface area contributed by atoms with E-state index >= 15 is 0 Å². The van der Waals surface area contributed by atoms with Crippen molar-refractivity contribution in [2.45, 2.75) is 43.9 Å². The van der Waals surface area contributed by atoms with Crippen molar-refractivity contribution in [3.05, 3.63) is 23.8 Å². The van der Waals surface area contributed by atoms with E-state index in [0.717, 1.165) is 50.9 Å². The van der Waals surface area contributed by atoms with Crippen LogP contribution in [0.3, 0.4) is 0 Å². The van der Waals surface area contributed by atoms with E-state index in [-0.39, 0.29) is 10.8 Å². The first-order valence-corrected chi connectivity index (χ1v) is 10.7. The van der Waals surface area contributed by atoms with E-state index in [1.807, 2.05) is 6.92 Å². The van der Waals surface area contributed by atoms with Crippen LogP contribution in [0, 0.1) is 0 Å². The molecule has 0 bridgehead atoms. The Morgan fingerprint density at radius 3 is 2.32 bits per heavy atom. The van der Waals surface area contributed by atoms with E-state index in [9.17, 15) is 13.2 Å². The molecule has 3 rings (SSSR count). The molecule has 2 saturated heterocycles. The quantitative estimate of drug-likeness (QED) is 0.869. The highest BCUT2D eigenvalue weighted by Gasteiger charge is 2.28. The van der Waals surface area contributed by atoms with Crippen molar-refractivity contribution in [1.29, 1.82) is 0 Å². The molecule has 1 amide bonds. The van der Waals surface area contributed by atoms with Crippen molar-refractivity contribution >= 4 is 21.6 Å². The zero-order valence-electron chi connectivity index (χ0n) is 14.8. The molecule has 7 heteroatoms. The average Bonchev–Trinajstić information content (AvgIpc) is 3.16. The average molecular weight is 365 g/mol. The third kappa shape index (κ3) is 3.82. The number of carbonyl (C=O) groups is 1. The molecule has 1 N–H and O–H groups in total. The van der Waals surface area contributed by atoms with Crippen LogP contribution in [0.4, 0.5) is 5.69 Å². The van der Waals surface area contributed by atoms with Crippen molar-refractivity contribution in [2.75, 3.05) is 37.6 Å². The second kappa shape index (κ2) is 7.74. The summed E-state index contributed by atoms with van der Waals surface area (Å²) >= 11 is 0. The number of hydrogen-bond acceptors (Lipinski definition) is 4. The zero-order chi connectivity index (χ0) is 17.9. The van der Waals surface area contributed by atoms with E-state index in [1.54, 1.807) is 22.5 Å². The van der Waals surface area contributed by atoms with Crippen molar-refractivity contribution in [2.24, 2.45) is 0 Å². The molecule has 138 valence electrons. The van der Waals surface area contributed by atoms with Gasteiger partial charge in [-0.2, -0.15) is 4.31 Å². The van der Waals surface area contributed by atoms with Crippen LogP contribution in [0.2, 0.25) is 0 Å². The van der Waals surface area contributed by atoms with Gasteiger partial charge in [-0.1, -0.05) is 6.42 Å². The molecule has 2 aliphatic rings. The molecule has 25 heavy (non-hydrogen) atoms. The van der Waals surface area contributed by atoms with Gasteiger partial charge in [0.2, 0.25) is 10.0 Å². The van der Waals surface area contributed by atoms with Crippen LogP contribution in [0.5, 0.6) is 0 Å². The Bertz CT molecular complexity index is 721. The first-order valence-electron chi connectivity index (χ1n) is 9.21. The van der Waals surface area contributed by atoms with Gasteiger partial charge in [-0.05, 0) is 50.8 Å². The predicted octanol–water partition coefficient (Wildman–Crippen LogP) is 2.21. The maximum Gasteiger partial charge on any atom is 0.253 e. The lowest BCUT2D eigenvalue weighted by atomic mass is 10.1. The van der Waals surface area contributed by atoms with Gasteiger partial charge in [-0.3, -0.25) is 4.79 Å². The first kappa shape index (κ1) is 18.2. The number of anilines is 1. The third-order valence-electron chi connectivity index (χ3n) is 4.95. The molecular weight excluding hydrogens is 338 g/mol. The van der Waals surface area contributed by atoms with Gasteiger partial charge in [0, 0.05) is 38.4 Å². The van der Waals surface area contributed by atoms with Gasteiger partial charge in [0.1, 0.15) is 0 Å². The first-order chi connectivity index (χ1) is 12.0. The molecule has 0 atom stereocenters. The molecule has 2 aliphatic heterocycles. The van der Waals surface area contributed by atoms with Crippen molar-refractivity contribution in [3.63, 3.8) is 0 Å². The van der Waals surface area contributed by atoms with Crippen LogP contribution in [0.15, 0.2) is 23.1 Å². The molecule has 0 saturated carbocycles. The van der Waals surface area contributed by atoms with Crippen LogP contribution in [-0.2, 0) is 10.0 Å². The summed E-state index contributed by atoms with van der Waals surface area (Å²) in [4.78, 5) is 14.9. The van der Waals surface area contributed by atoms with Crippen LogP contribution in [-0.4, -0.2) is 51.4 Å². The summed E-state index contributed by atoms with van der Waals surface area (Å²) in [5, 5.41) is 2.81. The van der Waals surface area contributed by atoms with Gasteiger partial charge in [-0.15, -0.1) is 0 Å². The van der Waals surface area contributed by atoms with Gasteiger partial charge < -0.3 is 10.2 Å². The highest BCUT2D eigenvalue weighted by atomic mass is 32.2. The second-order valence-corrected chi connectivity index (χ2v) is 8.64. The number of nitrogens with one attached hydrogen (secondary N) is 1. The lowest BCUT2D eigenvalue weighted by molar-refractivity contribution is 0.0956. The minimum Gasteiger partial charge on any atom is -0.371 e. The standard InChI is InChI=1S/C18H27N3O3S/c1-2-19-18(22)16-14-15(8-9-17(16)20-10-6-7-11-20)25(23,24)21-12-4-3-5-13-21/h8-9,14H,2-7,10-13H2,1H3,(H,19,22). The molecule has 1 aromatic carbocycles. The van der Waals surface area contributed by atoms with Crippen LogP contribution in [0.1, 0.15) is 49.4 Å². The van der Waals surface area contributed by atoms with E-state index in [1.165, 1.54) is 0 Å². The minimum absolute atomic E-state index is 0.208. The van der Waals surface area contributed by atoms with Crippen LogP contribution < -0.4 is 10.2 Å². The Labute approximate surface area is 150 Å². The molecule has 2 heterocycles. The van der Waals surface area contributed by atoms with E-state index < -0.39 is 10.0 Å². The Kier molecular flexibility index (Phi) is 5.64. The number of piperidine rings is 1. The molecular formula is C18H27N3O3S. The van der Waals surface area contributed by atoms with Gasteiger partial charge in [0.25, 0.3) is 5.91 Å². The number of benzene rings is 1. The smallest absolute Gasteiger partial charge is 0.253 e. The normalized spacial score (nSPS) is 19.2.